The highest BCUT2D eigenvalue weighted by Crippen LogP contribution is 2.16. The van der Waals surface area contributed by atoms with E-state index in [0.717, 1.165) is 5.56 Å². The maximum atomic E-state index is 13.4. The van der Waals surface area contributed by atoms with Gasteiger partial charge in [0.1, 0.15) is 5.82 Å². The van der Waals surface area contributed by atoms with E-state index in [4.69, 9.17) is 0 Å². The Balaban J connectivity index is 1.80. The third-order valence-electron chi connectivity index (χ3n) is 3.34. The van der Waals surface area contributed by atoms with Gasteiger partial charge in [0.2, 0.25) is 0 Å². The van der Waals surface area contributed by atoms with E-state index in [1.165, 1.54) is 12.3 Å². The zero-order valence-corrected chi connectivity index (χ0v) is 16.0. The SMILES string of the molecule is CS(=O)(=O)Cc1ccc(CNC(=O)NCc2ccc(Br)c(F)c2)cc1. The van der Waals surface area contributed by atoms with Crippen LogP contribution in [0.15, 0.2) is 46.9 Å². The van der Waals surface area contributed by atoms with Gasteiger partial charge < -0.3 is 10.6 Å². The van der Waals surface area contributed by atoms with Crippen LogP contribution in [0, 0.1) is 5.82 Å². The van der Waals surface area contributed by atoms with E-state index in [2.05, 4.69) is 26.6 Å². The number of carbonyl (C=O) groups excluding carboxylic acids is 1. The van der Waals surface area contributed by atoms with Gasteiger partial charge in [0.05, 0.1) is 10.2 Å². The lowest BCUT2D eigenvalue weighted by molar-refractivity contribution is 0.240. The van der Waals surface area contributed by atoms with Gasteiger partial charge in [-0.05, 0) is 44.8 Å². The Morgan fingerprint density at radius 2 is 1.52 bits per heavy atom. The van der Waals surface area contributed by atoms with Gasteiger partial charge in [-0.25, -0.2) is 17.6 Å². The molecule has 2 aromatic rings. The predicted molar refractivity (Wildman–Crippen MR) is 98.2 cm³/mol. The Labute approximate surface area is 154 Å². The monoisotopic (exact) mass is 428 g/mol. The molecular weight excluding hydrogens is 411 g/mol. The van der Waals surface area contributed by atoms with Crippen molar-refractivity contribution >= 4 is 31.8 Å². The van der Waals surface area contributed by atoms with Crippen LogP contribution < -0.4 is 10.6 Å². The smallest absolute Gasteiger partial charge is 0.315 e. The lowest BCUT2D eigenvalue weighted by Gasteiger charge is -2.09. The summed E-state index contributed by atoms with van der Waals surface area (Å²) < 4.78 is 36.2. The average Bonchev–Trinajstić information content (AvgIpc) is 2.54. The number of urea groups is 1. The molecule has 2 rings (SSSR count). The second-order valence-electron chi connectivity index (χ2n) is 5.67. The maximum Gasteiger partial charge on any atom is 0.315 e. The summed E-state index contributed by atoms with van der Waals surface area (Å²) in [4.78, 5) is 11.8. The minimum Gasteiger partial charge on any atom is -0.334 e. The molecule has 134 valence electrons. The van der Waals surface area contributed by atoms with Gasteiger partial charge >= 0.3 is 6.03 Å². The predicted octanol–water partition coefficient (Wildman–Crippen LogP) is 3.13. The fraction of sp³-hybridized carbons (Fsp3) is 0.235. The van der Waals surface area contributed by atoms with Gasteiger partial charge in [0.15, 0.2) is 9.84 Å². The number of rotatable bonds is 6. The second kappa shape index (κ2) is 8.44. The summed E-state index contributed by atoms with van der Waals surface area (Å²) in [6.07, 6.45) is 1.18. The maximum absolute atomic E-state index is 13.4. The van der Waals surface area contributed by atoms with Crippen LogP contribution in [0.25, 0.3) is 0 Å². The molecule has 0 saturated carbocycles. The molecule has 2 aromatic carbocycles. The van der Waals surface area contributed by atoms with E-state index >= 15 is 0 Å². The number of halogens is 2. The molecule has 0 unspecified atom stereocenters. The normalized spacial score (nSPS) is 11.2. The fourth-order valence-corrected chi connectivity index (χ4v) is 3.18. The van der Waals surface area contributed by atoms with Gasteiger partial charge in [-0.1, -0.05) is 30.3 Å². The Kier molecular flexibility index (Phi) is 6.55. The van der Waals surface area contributed by atoms with Gasteiger partial charge in [-0.15, -0.1) is 0 Å². The molecule has 0 atom stereocenters. The third-order valence-corrected chi connectivity index (χ3v) is 4.84. The van der Waals surface area contributed by atoms with Crippen molar-refractivity contribution in [1.29, 1.82) is 0 Å². The Morgan fingerprint density at radius 1 is 1.00 bits per heavy atom. The molecular formula is C17H18BrFN2O3S. The molecule has 0 heterocycles. The van der Waals surface area contributed by atoms with Crippen molar-refractivity contribution in [2.24, 2.45) is 0 Å². The van der Waals surface area contributed by atoms with E-state index < -0.39 is 9.84 Å². The van der Waals surface area contributed by atoms with Gasteiger partial charge in [-0.2, -0.15) is 0 Å². The van der Waals surface area contributed by atoms with E-state index in [9.17, 15) is 17.6 Å². The number of amides is 2. The standard InChI is InChI=1S/C17H18BrFN2O3S/c1-25(23,24)11-13-4-2-12(3-5-13)9-20-17(22)21-10-14-6-7-15(18)16(19)8-14/h2-8H,9-11H2,1H3,(H2,20,21,22). The van der Waals surface area contributed by atoms with Gasteiger partial charge in [-0.3, -0.25) is 0 Å². The lowest BCUT2D eigenvalue weighted by atomic mass is 10.1. The fourth-order valence-electron chi connectivity index (χ4n) is 2.13. The molecule has 2 amide bonds. The minimum atomic E-state index is -3.06. The molecule has 0 aliphatic carbocycles. The molecule has 0 aliphatic rings. The Bertz CT molecular complexity index is 855. The first-order valence-corrected chi connectivity index (χ1v) is 10.3. The first kappa shape index (κ1) is 19.4. The van der Waals surface area contributed by atoms with Gasteiger partial charge in [0.25, 0.3) is 0 Å². The summed E-state index contributed by atoms with van der Waals surface area (Å²) in [5.74, 6) is -0.390. The van der Waals surface area contributed by atoms with Crippen molar-refractivity contribution in [2.75, 3.05) is 6.26 Å². The Hall–Kier alpha value is -1.93. The third kappa shape index (κ3) is 6.83. The summed E-state index contributed by atoms with van der Waals surface area (Å²) in [6, 6.07) is 11.3. The van der Waals surface area contributed by atoms with Crippen molar-refractivity contribution in [3.63, 3.8) is 0 Å². The highest BCUT2D eigenvalue weighted by atomic mass is 79.9. The zero-order chi connectivity index (χ0) is 18.4. The number of sulfone groups is 1. The van der Waals surface area contributed by atoms with Crippen LogP contribution in [0.5, 0.6) is 0 Å². The summed E-state index contributed by atoms with van der Waals surface area (Å²) in [5.41, 5.74) is 2.20. The minimum absolute atomic E-state index is 0.00898. The molecule has 0 saturated heterocycles. The van der Waals surface area contributed by atoms with Crippen molar-refractivity contribution in [3.05, 3.63) is 69.4 Å². The second-order valence-corrected chi connectivity index (χ2v) is 8.67. The quantitative estimate of drug-likeness (QED) is 0.741. The average molecular weight is 429 g/mol. The van der Waals surface area contributed by atoms with E-state index in [1.54, 1.807) is 36.4 Å². The summed E-state index contributed by atoms with van der Waals surface area (Å²) >= 11 is 3.07. The highest BCUT2D eigenvalue weighted by molar-refractivity contribution is 9.10. The van der Waals surface area contributed by atoms with Crippen molar-refractivity contribution in [2.45, 2.75) is 18.8 Å². The summed E-state index contributed by atoms with van der Waals surface area (Å²) in [7, 11) is -3.06. The molecule has 25 heavy (non-hydrogen) atoms. The number of hydrogen-bond donors (Lipinski definition) is 2. The van der Waals surface area contributed by atoms with Crippen LogP contribution in [0.3, 0.4) is 0 Å². The number of carbonyl (C=O) groups is 1. The van der Waals surface area contributed by atoms with E-state index in [1.807, 2.05) is 0 Å². The first-order chi connectivity index (χ1) is 11.7. The van der Waals surface area contributed by atoms with Crippen molar-refractivity contribution in [1.82, 2.24) is 10.6 Å². The number of nitrogens with one attached hydrogen (secondary N) is 2. The van der Waals surface area contributed by atoms with Crippen LogP contribution in [-0.2, 0) is 28.7 Å². The van der Waals surface area contributed by atoms with E-state index in [0.29, 0.717) is 22.1 Å². The van der Waals surface area contributed by atoms with Crippen LogP contribution in [0.2, 0.25) is 0 Å². The highest BCUT2D eigenvalue weighted by Gasteiger charge is 2.06. The summed E-state index contributed by atoms with van der Waals surface area (Å²) in [5, 5.41) is 5.34. The molecule has 0 fully saturated rings. The Morgan fingerprint density at radius 3 is 2.08 bits per heavy atom. The molecule has 8 heteroatoms. The van der Waals surface area contributed by atoms with Crippen LogP contribution >= 0.6 is 15.9 Å². The molecule has 2 N–H and O–H groups in total. The van der Waals surface area contributed by atoms with Crippen LogP contribution in [-0.4, -0.2) is 20.7 Å². The number of hydrogen-bond acceptors (Lipinski definition) is 3. The van der Waals surface area contributed by atoms with Crippen LogP contribution in [0.4, 0.5) is 9.18 Å². The molecule has 0 bridgehead atoms. The molecule has 0 aliphatic heterocycles. The topological polar surface area (TPSA) is 75.3 Å². The molecule has 5 nitrogen and oxygen atoms in total. The largest absolute Gasteiger partial charge is 0.334 e. The molecule has 0 radical (unpaired) electrons. The van der Waals surface area contributed by atoms with E-state index in [-0.39, 0.29) is 24.1 Å². The lowest BCUT2D eigenvalue weighted by Crippen LogP contribution is -2.34. The first-order valence-electron chi connectivity index (χ1n) is 7.44. The molecule has 0 aromatic heterocycles. The van der Waals surface area contributed by atoms with Crippen LogP contribution in [0.1, 0.15) is 16.7 Å². The van der Waals surface area contributed by atoms with Gasteiger partial charge in [0, 0.05) is 19.3 Å². The van der Waals surface area contributed by atoms with Crippen molar-refractivity contribution in [3.8, 4) is 0 Å². The summed E-state index contributed by atoms with van der Waals surface area (Å²) in [6.45, 7) is 0.517. The molecule has 0 spiro atoms. The number of benzene rings is 2. The van der Waals surface area contributed by atoms with Crippen molar-refractivity contribution < 1.29 is 17.6 Å². The zero-order valence-electron chi connectivity index (χ0n) is 13.6.